The van der Waals surface area contributed by atoms with Gasteiger partial charge in [-0.05, 0) is 13.8 Å². The Hall–Kier alpha value is -1.84. The van der Waals surface area contributed by atoms with Crippen LogP contribution in [-0.4, -0.2) is 0 Å². The van der Waals surface area contributed by atoms with Crippen molar-refractivity contribution in [1.29, 1.82) is 0 Å². The molecule has 0 bridgehead atoms. The summed E-state index contributed by atoms with van der Waals surface area (Å²) in [6.07, 6.45) is 0.592. The Balaban J connectivity index is 3.05. The Kier molecular flexibility index (Phi) is 2.42. The molecule has 4 nitrogen and oxygen atoms in total. The van der Waals surface area contributed by atoms with E-state index in [2.05, 4.69) is 0 Å². The molecule has 0 saturated carbocycles. The average molecular weight is 220 g/mol. The van der Waals surface area contributed by atoms with Gasteiger partial charge in [0, 0.05) is 18.1 Å². The summed E-state index contributed by atoms with van der Waals surface area (Å²) in [5.74, 6) is 1.02. The lowest BCUT2D eigenvalue weighted by molar-refractivity contribution is 0.421. The topological polar surface area (TPSA) is 60.4 Å². The first-order valence-corrected chi connectivity index (χ1v) is 5.11. The molecule has 0 spiro atoms. The van der Waals surface area contributed by atoms with E-state index in [-0.39, 0.29) is 22.0 Å². The predicted molar refractivity (Wildman–Crippen MR) is 59.9 cm³/mol. The van der Waals surface area contributed by atoms with E-state index in [1.165, 1.54) is 6.07 Å². The number of hydrogen-bond donors (Lipinski definition) is 0. The lowest BCUT2D eigenvalue weighted by Gasteiger charge is -2.03. The standard InChI is InChI=1S/C12H12O4/c1-4-9-7(3)11(14)10-8(13)5-6(2)15-12(10)16-9/h5H,4H2,1-3H3. The van der Waals surface area contributed by atoms with Crippen molar-refractivity contribution < 1.29 is 8.83 Å². The molecule has 84 valence electrons. The fourth-order valence-corrected chi connectivity index (χ4v) is 1.70. The fraction of sp³-hybridized carbons (Fsp3) is 0.333. The first-order valence-electron chi connectivity index (χ1n) is 5.11. The number of aryl methyl sites for hydroxylation is 2. The molecule has 4 heteroatoms. The van der Waals surface area contributed by atoms with Gasteiger partial charge in [0.2, 0.25) is 5.43 Å². The van der Waals surface area contributed by atoms with Crippen LogP contribution in [0.25, 0.3) is 11.2 Å². The Labute approximate surface area is 91.5 Å². The molecule has 2 heterocycles. The van der Waals surface area contributed by atoms with Crippen LogP contribution in [0.5, 0.6) is 0 Å². The third kappa shape index (κ3) is 1.46. The maximum absolute atomic E-state index is 11.9. The second-order valence-corrected chi connectivity index (χ2v) is 3.72. The lowest BCUT2D eigenvalue weighted by atomic mass is 10.1. The Bertz CT molecular complexity index is 661. The number of rotatable bonds is 1. The molecular formula is C12H12O4. The minimum atomic E-state index is -0.349. The minimum absolute atomic E-state index is 0.000278. The van der Waals surface area contributed by atoms with Gasteiger partial charge in [-0.1, -0.05) is 6.92 Å². The summed E-state index contributed by atoms with van der Waals surface area (Å²) < 4.78 is 10.7. The molecule has 0 radical (unpaired) electrons. The molecule has 0 aromatic carbocycles. The van der Waals surface area contributed by atoms with Gasteiger partial charge < -0.3 is 8.83 Å². The summed E-state index contributed by atoms with van der Waals surface area (Å²) in [4.78, 5) is 23.6. The van der Waals surface area contributed by atoms with Crippen LogP contribution in [0.1, 0.15) is 24.0 Å². The van der Waals surface area contributed by atoms with E-state index in [0.717, 1.165) is 0 Å². The third-order valence-corrected chi connectivity index (χ3v) is 2.56. The lowest BCUT2D eigenvalue weighted by Crippen LogP contribution is -2.16. The maximum Gasteiger partial charge on any atom is 0.305 e. The quantitative estimate of drug-likeness (QED) is 0.736. The van der Waals surface area contributed by atoms with Crippen LogP contribution in [-0.2, 0) is 6.42 Å². The van der Waals surface area contributed by atoms with Crippen molar-refractivity contribution in [3.8, 4) is 0 Å². The predicted octanol–water partition coefficient (Wildman–Crippen LogP) is 1.93. The highest BCUT2D eigenvalue weighted by molar-refractivity contribution is 5.71. The second kappa shape index (κ2) is 3.63. The zero-order chi connectivity index (χ0) is 11.9. The van der Waals surface area contributed by atoms with Crippen LogP contribution < -0.4 is 10.9 Å². The first kappa shape index (κ1) is 10.7. The smallest absolute Gasteiger partial charge is 0.305 e. The van der Waals surface area contributed by atoms with Crippen LogP contribution in [0, 0.1) is 13.8 Å². The van der Waals surface area contributed by atoms with Gasteiger partial charge in [-0.15, -0.1) is 0 Å². The van der Waals surface area contributed by atoms with E-state index in [9.17, 15) is 9.59 Å². The van der Waals surface area contributed by atoms with Crippen LogP contribution in [0.2, 0.25) is 0 Å². The van der Waals surface area contributed by atoms with Gasteiger partial charge in [-0.3, -0.25) is 9.59 Å². The largest absolute Gasteiger partial charge is 0.430 e. The molecular weight excluding hydrogens is 208 g/mol. The molecule has 2 aromatic heterocycles. The van der Waals surface area contributed by atoms with Gasteiger partial charge in [-0.25, -0.2) is 0 Å². The van der Waals surface area contributed by atoms with Gasteiger partial charge in [0.1, 0.15) is 11.5 Å². The monoisotopic (exact) mass is 220 g/mol. The highest BCUT2D eigenvalue weighted by atomic mass is 16.5. The second-order valence-electron chi connectivity index (χ2n) is 3.72. The number of fused-ring (bicyclic) bond motifs is 1. The van der Waals surface area contributed by atoms with Gasteiger partial charge >= 0.3 is 5.78 Å². The van der Waals surface area contributed by atoms with Crippen LogP contribution >= 0.6 is 0 Å². The third-order valence-electron chi connectivity index (χ3n) is 2.56. The molecule has 16 heavy (non-hydrogen) atoms. The van der Waals surface area contributed by atoms with Gasteiger partial charge in [-0.2, -0.15) is 0 Å². The molecule has 2 aromatic rings. The first-order chi connectivity index (χ1) is 7.54. The highest BCUT2D eigenvalue weighted by Gasteiger charge is 2.14. The van der Waals surface area contributed by atoms with Crippen molar-refractivity contribution in [1.82, 2.24) is 0 Å². The summed E-state index contributed by atoms with van der Waals surface area (Å²) in [5.41, 5.74) is -0.170. The van der Waals surface area contributed by atoms with E-state index in [0.29, 0.717) is 23.5 Å². The fourth-order valence-electron chi connectivity index (χ4n) is 1.70. The molecule has 0 aliphatic heterocycles. The SMILES string of the molecule is CCc1oc2oc(C)cc(=O)c2c(=O)c1C. The van der Waals surface area contributed by atoms with Gasteiger partial charge in [0.25, 0.3) is 0 Å². The zero-order valence-electron chi connectivity index (χ0n) is 9.42. The molecule has 0 amide bonds. The van der Waals surface area contributed by atoms with E-state index in [4.69, 9.17) is 8.83 Å². The molecule has 0 aliphatic carbocycles. The van der Waals surface area contributed by atoms with Gasteiger partial charge in [0.05, 0.1) is 0 Å². The van der Waals surface area contributed by atoms with Crippen molar-refractivity contribution in [3.05, 3.63) is 43.6 Å². The van der Waals surface area contributed by atoms with E-state index < -0.39 is 0 Å². The van der Waals surface area contributed by atoms with Crippen molar-refractivity contribution in [3.63, 3.8) is 0 Å². The molecule has 0 N–H and O–H groups in total. The minimum Gasteiger partial charge on any atom is -0.430 e. The molecule has 0 fully saturated rings. The van der Waals surface area contributed by atoms with Crippen molar-refractivity contribution >= 4 is 11.2 Å². The Morgan fingerprint density at radius 3 is 2.50 bits per heavy atom. The van der Waals surface area contributed by atoms with E-state index >= 15 is 0 Å². The number of hydrogen-bond acceptors (Lipinski definition) is 4. The highest BCUT2D eigenvalue weighted by Crippen LogP contribution is 2.14. The average Bonchev–Trinajstić information content (AvgIpc) is 2.22. The molecule has 0 saturated heterocycles. The van der Waals surface area contributed by atoms with E-state index in [1.54, 1.807) is 13.8 Å². The van der Waals surface area contributed by atoms with Crippen LogP contribution in [0.4, 0.5) is 0 Å². The van der Waals surface area contributed by atoms with Crippen molar-refractivity contribution in [2.24, 2.45) is 0 Å². The normalized spacial score (nSPS) is 10.9. The molecule has 0 atom stereocenters. The summed E-state index contributed by atoms with van der Waals surface area (Å²) in [7, 11) is 0. The molecule has 0 unspecified atom stereocenters. The van der Waals surface area contributed by atoms with Crippen molar-refractivity contribution in [2.45, 2.75) is 27.2 Å². The van der Waals surface area contributed by atoms with Crippen LogP contribution in [0.15, 0.2) is 24.5 Å². The summed E-state index contributed by atoms with van der Waals surface area (Å²) in [6.45, 7) is 5.18. The molecule has 0 aliphatic rings. The summed E-state index contributed by atoms with van der Waals surface area (Å²) >= 11 is 0. The Morgan fingerprint density at radius 1 is 1.19 bits per heavy atom. The van der Waals surface area contributed by atoms with Crippen LogP contribution in [0.3, 0.4) is 0 Å². The van der Waals surface area contributed by atoms with Crippen molar-refractivity contribution in [2.75, 3.05) is 0 Å². The summed E-state index contributed by atoms with van der Waals surface area (Å²) in [5, 5.41) is 0.000278. The van der Waals surface area contributed by atoms with E-state index in [1.807, 2.05) is 6.92 Å². The maximum atomic E-state index is 11.9. The molecule has 2 rings (SSSR count). The Morgan fingerprint density at radius 2 is 1.88 bits per heavy atom. The summed E-state index contributed by atoms with van der Waals surface area (Å²) in [6, 6.07) is 1.30. The van der Waals surface area contributed by atoms with Gasteiger partial charge in [0.15, 0.2) is 10.8 Å². The zero-order valence-corrected chi connectivity index (χ0v) is 9.42.